The summed E-state index contributed by atoms with van der Waals surface area (Å²) in [5.41, 5.74) is 1.46. The van der Waals surface area contributed by atoms with Crippen molar-refractivity contribution in [3.8, 4) is 5.75 Å². The van der Waals surface area contributed by atoms with Gasteiger partial charge in [0.2, 0.25) is 11.8 Å². The number of hydrogen-bond acceptors (Lipinski definition) is 4. The Hall–Kier alpha value is -3.81. The smallest absolute Gasteiger partial charge is 0.273 e. The molecule has 1 aromatic heterocycles. The number of aromatic nitrogens is 1. The summed E-state index contributed by atoms with van der Waals surface area (Å²) in [6, 6.07) is 15.2. The van der Waals surface area contributed by atoms with E-state index in [9.17, 15) is 14.4 Å². The van der Waals surface area contributed by atoms with Crippen molar-refractivity contribution in [1.82, 2.24) is 14.8 Å². The normalized spacial score (nSPS) is 19.9. The van der Waals surface area contributed by atoms with Gasteiger partial charge in [-0.25, -0.2) is 0 Å². The van der Waals surface area contributed by atoms with Crippen LogP contribution in [0.3, 0.4) is 0 Å². The van der Waals surface area contributed by atoms with Crippen LogP contribution < -0.4 is 15.4 Å². The topological polar surface area (TPSA) is 92.7 Å². The molecule has 2 N–H and O–H groups in total. The molecule has 8 nitrogen and oxygen atoms in total. The summed E-state index contributed by atoms with van der Waals surface area (Å²) >= 11 is 0. The molecule has 0 radical (unpaired) electrons. The summed E-state index contributed by atoms with van der Waals surface area (Å²) in [6.07, 6.45) is 4.11. The lowest BCUT2D eigenvalue weighted by molar-refractivity contribution is -0.133. The third-order valence-corrected chi connectivity index (χ3v) is 7.46. The molecular formula is C28H32N4O4. The van der Waals surface area contributed by atoms with E-state index in [2.05, 4.69) is 10.6 Å². The van der Waals surface area contributed by atoms with E-state index >= 15 is 0 Å². The monoisotopic (exact) mass is 488 g/mol. The lowest BCUT2D eigenvalue weighted by Gasteiger charge is -2.44. The molecule has 0 unspecified atom stereocenters. The highest BCUT2D eigenvalue weighted by Gasteiger charge is 2.49. The van der Waals surface area contributed by atoms with Crippen molar-refractivity contribution in [1.29, 1.82) is 0 Å². The highest BCUT2D eigenvalue weighted by molar-refractivity contribution is 6.14. The van der Waals surface area contributed by atoms with Crippen LogP contribution in [-0.4, -0.2) is 45.9 Å². The van der Waals surface area contributed by atoms with Gasteiger partial charge >= 0.3 is 0 Å². The van der Waals surface area contributed by atoms with Gasteiger partial charge in [-0.2, -0.15) is 0 Å². The standard InChI is InChI=1S/C28H32N4O4/c1-18(33)29-24-22-10-6-7-11-23(22)31-17-28(2,27(35)30-20-8-4-5-9-20)32(26(34)25(24)31)16-19-12-14-21(36-3)15-13-19/h6-7,10-15,20H,4-5,8-9,16-17H2,1-3H3,(H,29,33)(H,30,35)/t28-/m0/s1. The molecule has 8 heteroatoms. The number of hydrogen-bond donors (Lipinski definition) is 2. The number of anilines is 1. The van der Waals surface area contributed by atoms with Gasteiger partial charge in [0.15, 0.2) is 0 Å². The molecule has 2 heterocycles. The summed E-state index contributed by atoms with van der Waals surface area (Å²) in [5, 5.41) is 6.88. The summed E-state index contributed by atoms with van der Waals surface area (Å²) in [6.45, 7) is 3.80. The van der Waals surface area contributed by atoms with E-state index in [-0.39, 0.29) is 36.9 Å². The van der Waals surface area contributed by atoms with Gasteiger partial charge in [-0.05, 0) is 43.5 Å². The van der Waals surface area contributed by atoms with E-state index in [1.807, 2.05) is 60.0 Å². The van der Waals surface area contributed by atoms with Crippen LogP contribution in [0.1, 0.15) is 55.6 Å². The number of ether oxygens (including phenoxy) is 1. The molecule has 2 aliphatic rings. The highest BCUT2D eigenvalue weighted by atomic mass is 16.5. The fourth-order valence-corrected chi connectivity index (χ4v) is 5.50. The number of amides is 3. The van der Waals surface area contributed by atoms with Crippen LogP contribution in [0.4, 0.5) is 5.69 Å². The van der Waals surface area contributed by atoms with Gasteiger partial charge in [0, 0.05) is 24.9 Å². The van der Waals surface area contributed by atoms with Crippen LogP contribution in [0.2, 0.25) is 0 Å². The quantitative estimate of drug-likeness (QED) is 0.547. The maximum atomic E-state index is 14.2. The average Bonchev–Trinajstić information content (AvgIpc) is 3.48. The van der Waals surface area contributed by atoms with Crippen molar-refractivity contribution in [3.63, 3.8) is 0 Å². The maximum Gasteiger partial charge on any atom is 0.273 e. The molecule has 1 saturated carbocycles. The zero-order valence-electron chi connectivity index (χ0n) is 21.0. The van der Waals surface area contributed by atoms with Crippen molar-refractivity contribution in [2.45, 2.75) is 64.2 Å². The van der Waals surface area contributed by atoms with E-state index in [1.54, 1.807) is 12.0 Å². The summed E-state index contributed by atoms with van der Waals surface area (Å²) in [4.78, 5) is 41.8. The zero-order chi connectivity index (χ0) is 25.4. The predicted molar refractivity (Wildman–Crippen MR) is 138 cm³/mol. The molecule has 0 bridgehead atoms. The van der Waals surface area contributed by atoms with Gasteiger partial charge in [0.1, 0.15) is 17.0 Å². The maximum absolute atomic E-state index is 14.2. The highest BCUT2D eigenvalue weighted by Crippen LogP contribution is 2.39. The van der Waals surface area contributed by atoms with E-state index in [0.29, 0.717) is 11.4 Å². The van der Waals surface area contributed by atoms with Crippen LogP contribution in [0, 0.1) is 0 Å². The Kier molecular flexibility index (Phi) is 6.20. The molecule has 3 amide bonds. The number of carbonyl (C=O) groups is 3. The van der Waals surface area contributed by atoms with Gasteiger partial charge in [-0.1, -0.05) is 43.2 Å². The number of methoxy groups -OCH3 is 1. The second-order valence-corrected chi connectivity index (χ2v) is 9.98. The number of carbonyl (C=O) groups excluding carboxylic acids is 3. The summed E-state index contributed by atoms with van der Waals surface area (Å²) < 4.78 is 7.17. The molecule has 1 atom stereocenters. The largest absolute Gasteiger partial charge is 0.497 e. The predicted octanol–water partition coefficient (Wildman–Crippen LogP) is 4.08. The Morgan fingerprint density at radius 1 is 1.08 bits per heavy atom. The van der Waals surface area contributed by atoms with E-state index in [1.165, 1.54) is 6.92 Å². The Bertz CT molecular complexity index is 1320. The molecule has 1 aliphatic heterocycles. The molecule has 0 saturated heterocycles. The second kappa shape index (κ2) is 9.33. The third-order valence-electron chi connectivity index (χ3n) is 7.46. The first-order chi connectivity index (χ1) is 17.3. The van der Waals surface area contributed by atoms with E-state index < -0.39 is 5.54 Å². The molecule has 1 fully saturated rings. The number of fused-ring (bicyclic) bond motifs is 3. The lowest BCUT2D eigenvalue weighted by Crippen LogP contribution is -2.64. The zero-order valence-corrected chi connectivity index (χ0v) is 21.0. The van der Waals surface area contributed by atoms with Crippen molar-refractivity contribution in [2.75, 3.05) is 12.4 Å². The van der Waals surface area contributed by atoms with Gasteiger partial charge in [-0.3, -0.25) is 14.4 Å². The Morgan fingerprint density at radius 2 is 1.78 bits per heavy atom. The molecule has 36 heavy (non-hydrogen) atoms. The van der Waals surface area contributed by atoms with Gasteiger partial charge in [0.25, 0.3) is 5.91 Å². The van der Waals surface area contributed by atoms with Crippen LogP contribution in [-0.2, 0) is 22.7 Å². The molecular weight excluding hydrogens is 456 g/mol. The van der Waals surface area contributed by atoms with E-state index in [0.717, 1.165) is 47.9 Å². The van der Waals surface area contributed by atoms with Crippen LogP contribution in [0.5, 0.6) is 5.75 Å². The first kappa shape index (κ1) is 23.9. The van der Waals surface area contributed by atoms with Crippen molar-refractivity contribution in [3.05, 3.63) is 59.8 Å². The van der Waals surface area contributed by atoms with Gasteiger partial charge in [0.05, 0.1) is 24.9 Å². The molecule has 3 aromatic rings. The number of nitrogens with zero attached hydrogens (tertiary/aromatic N) is 2. The lowest BCUT2D eigenvalue weighted by atomic mass is 9.93. The van der Waals surface area contributed by atoms with Gasteiger partial charge in [-0.15, -0.1) is 0 Å². The number of rotatable bonds is 6. The summed E-state index contributed by atoms with van der Waals surface area (Å²) in [5.74, 6) is 0.0244. The molecule has 188 valence electrons. The number of nitrogens with one attached hydrogen (secondary N) is 2. The molecule has 1 aliphatic carbocycles. The fourth-order valence-electron chi connectivity index (χ4n) is 5.50. The van der Waals surface area contributed by atoms with Crippen molar-refractivity contribution < 1.29 is 19.1 Å². The molecule has 5 rings (SSSR count). The fraction of sp³-hybridized carbons (Fsp3) is 0.393. The van der Waals surface area contributed by atoms with Crippen LogP contribution in [0.25, 0.3) is 10.9 Å². The van der Waals surface area contributed by atoms with Crippen LogP contribution in [0.15, 0.2) is 48.5 Å². The van der Waals surface area contributed by atoms with Crippen molar-refractivity contribution in [2.24, 2.45) is 0 Å². The van der Waals surface area contributed by atoms with Crippen molar-refractivity contribution >= 4 is 34.3 Å². The Morgan fingerprint density at radius 3 is 2.44 bits per heavy atom. The van der Waals surface area contributed by atoms with Crippen LogP contribution >= 0.6 is 0 Å². The molecule has 0 spiro atoms. The first-order valence-electron chi connectivity index (χ1n) is 12.5. The SMILES string of the molecule is COc1ccc(CN2C(=O)c3c(NC(C)=O)c4ccccc4n3C[C@@]2(C)C(=O)NC2CCCC2)cc1. The molecule has 2 aromatic carbocycles. The minimum atomic E-state index is -1.12. The third kappa shape index (κ3) is 4.10. The minimum Gasteiger partial charge on any atom is -0.497 e. The summed E-state index contributed by atoms with van der Waals surface area (Å²) in [7, 11) is 1.61. The number of para-hydroxylation sites is 1. The van der Waals surface area contributed by atoms with Gasteiger partial charge < -0.3 is 24.8 Å². The Balaban J connectivity index is 1.62. The second-order valence-electron chi connectivity index (χ2n) is 9.98. The first-order valence-corrected chi connectivity index (χ1v) is 12.5. The average molecular weight is 489 g/mol. The number of benzene rings is 2. The minimum absolute atomic E-state index is 0.130. The Labute approximate surface area is 210 Å². The van der Waals surface area contributed by atoms with E-state index in [4.69, 9.17) is 4.74 Å².